The van der Waals surface area contributed by atoms with Crippen LogP contribution in [0, 0.1) is 11.3 Å². The van der Waals surface area contributed by atoms with E-state index in [4.69, 9.17) is 5.73 Å². The zero-order valence-electron chi connectivity index (χ0n) is 11.4. The Morgan fingerprint density at radius 2 is 1.81 bits per heavy atom. The first-order valence-corrected chi connectivity index (χ1v) is 6.60. The number of hydrogen-bond acceptors (Lipinski definition) is 3. The van der Waals surface area contributed by atoms with Gasteiger partial charge in [0.1, 0.15) is 0 Å². The molecule has 1 atom stereocenters. The molecule has 3 nitrogen and oxygen atoms in total. The Balaban J connectivity index is 2.42. The minimum Gasteiger partial charge on any atom is -0.327 e. The summed E-state index contributed by atoms with van der Waals surface area (Å²) >= 11 is 0. The van der Waals surface area contributed by atoms with Gasteiger partial charge in [-0.2, -0.15) is 0 Å². The lowest BCUT2D eigenvalue weighted by Gasteiger charge is -2.39. The molecule has 1 aliphatic rings. The Bertz CT molecular complexity index is 195. The van der Waals surface area contributed by atoms with Crippen LogP contribution in [0.2, 0.25) is 0 Å². The Kier molecular flexibility index (Phi) is 5.22. The van der Waals surface area contributed by atoms with Crippen molar-refractivity contribution in [3.63, 3.8) is 0 Å². The average Bonchev–Trinajstić information content (AvgIpc) is 2.17. The largest absolute Gasteiger partial charge is 0.327 e. The van der Waals surface area contributed by atoms with Crippen molar-refractivity contribution >= 4 is 0 Å². The molecule has 16 heavy (non-hydrogen) atoms. The summed E-state index contributed by atoms with van der Waals surface area (Å²) in [6, 6.07) is 0.308. The molecule has 96 valence electrons. The highest BCUT2D eigenvalue weighted by Gasteiger charge is 2.29. The number of nitrogens with two attached hydrogens (primary N) is 1. The van der Waals surface area contributed by atoms with E-state index in [2.05, 4.69) is 37.9 Å². The first kappa shape index (κ1) is 13.9. The first-order chi connectivity index (χ1) is 7.42. The fourth-order valence-corrected chi connectivity index (χ4v) is 2.39. The number of nitrogens with zero attached hydrogens (tertiary/aromatic N) is 1. The van der Waals surface area contributed by atoms with Gasteiger partial charge in [-0.15, -0.1) is 0 Å². The van der Waals surface area contributed by atoms with Crippen LogP contribution in [0.5, 0.6) is 0 Å². The summed E-state index contributed by atoms with van der Waals surface area (Å²) in [6.07, 6.45) is 1.12. The summed E-state index contributed by atoms with van der Waals surface area (Å²) in [4.78, 5) is 2.54. The second-order valence-electron chi connectivity index (χ2n) is 6.25. The van der Waals surface area contributed by atoms with E-state index in [-0.39, 0.29) is 5.41 Å². The molecule has 0 saturated carbocycles. The summed E-state index contributed by atoms with van der Waals surface area (Å²) in [6.45, 7) is 14.8. The van der Waals surface area contributed by atoms with E-state index in [0.717, 1.165) is 39.1 Å². The van der Waals surface area contributed by atoms with Gasteiger partial charge in [0.2, 0.25) is 0 Å². The molecular formula is C13H29N3. The molecule has 1 heterocycles. The van der Waals surface area contributed by atoms with E-state index in [1.165, 1.54) is 0 Å². The predicted molar refractivity (Wildman–Crippen MR) is 70.5 cm³/mol. The third kappa shape index (κ3) is 4.40. The maximum Gasteiger partial charge on any atom is 0.0108 e. The van der Waals surface area contributed by atoms with Crippen molar-refractivity contribution in [3.8, 4) is 0 Å². The van der Waals surface area contributed by atoms with Crippen LogP contribution < -0.4 is 11.1 Å². The molecule has 3 N–H and O–H groups in total. The minimum atomic E-state index is 0.224. The zero-order chi connectivity index (χ0) is 12.2. The molecule has 1 unspecified atom stereocenters. The maximum atomic E-state index is 6.33. The summed E-state index contributed by atoms with van der Waals surface area (Å²) in [5.41, 5.74) is 6.55. The molecule has 1 saturated heterocycles. The van der Waals surface area contributed by atoms with Gasteiger partial charge in [-0.05, 0) is 17.8 Å². The SMILES string of the molecule is CC(C)CC(N)C(C)(C)CN1CCNCC1. The molecule has 1 fully saturated rings. The highest BCUT2D eigenvalue weighted by atomic mass is 15.2. The molecule has 1 aliphatic heterocycles. The molecule has 0 aromatic heterocycles. The van der Waals surface area contributed by atoms with Crippen molar-refractivity contribution in [1.29, 1.82) is 0 Å². The van der Waals surface area contributed by atoms with Crippen molar-refractivity contribution in [2.75, 3.05) is 32.7 Å². The molecule has 0 bridgehead atoms. The Morgan fingerprint density at radius 1 is 1.25 bits per heavy atom. The van der Waals surface area contributed by atoms with E-state index in [0.29, 0.717) is 12.0 Å². The quantitative estimate of drug-likeness (QED) is 0.744. The maximum absolute atomic E-state index is 6.33. The third-order valence-corrected chi connectivity index (χ3v) is 3.57. The fraction of sp³-hybridized carbons (Fsp3) is 1.00. The monoisotopic (exact) mass is 227 g/mol. The molecule has 0 aromatic carbocycles. The van der Waals surface area contributed by atoms with Crippen LogP contribution in [0.1, 0.15) is 34.1 Å². The van der Waals surface area contributed by atoms with Crippen LogP contribution >= 0.6 is 0 Å². The second kappa shape index (κ2) is 5.99. The van der Waals surface area contributed by atoms with Gasteiger partial charge >= 0.3 is 0 Å². The topological polar surface area (TPSA) is 41.3 Å². The van der Waals surface area contributed by atoms with Crippen molar-refractivity contribution in [1.82, 2.24) is 10.2 Å². The Morgan fingerprint density at radius 3 is 2.31 bits per heavy atom. The van der Waals surface area contributed by atoms with E-state index >= 15 is 0 Å². The molecule has 3 heteroatoms. The number of hydrogen-bond donors (Lipinski definition) is 2. The lowest BCUT2D eigenvalue weighted by molar-refractivity contribution is 0.130. The van der Waals surface area contributed by atoms with Gasteiger partial charge in [0.25, 0.3) is 0 Å². The van der Waals surface area contributed by atoms with Gasteiger partial charge in [0.05, 0.1) is 0 Å². The molecule has 1 rings (SSSR count). The predicted octanol–water partition coefficient (Wildman–Crippen LogP) is 1.29. The van der Waals surface area contributed by atoms with E-state index < -0.39 is 0 Å². The molecular weight excluding hydrogens is 198 g/mol. The van der Waals surface area contributed by atoms with Gasteiger partial charge in [-0.1, -0.05) is 27.7 Å². The zero-order valence-corrected chi connectivity index (χ0v) is 11.4. The summed E-state index contributed by atoms with van der Waals surface area (Å²) in [5.74, 6) is 0.692. The highest BCUT2D eigenvalue weighted by molar-refractivity contribution is 4.86. The van der Waals surface area contributed by atoms with Gasteiger partial charge in [-0.3, -0.25) is 0 Å². The molecule has 0 amide bonds. The Hall–Kier alpha value is -0.120. The summed E-state index contributed by atoms with van der Waals surface area (Å²) in [5, 5.41) is 3.39. The van der Waals surface area contributed by atoms with Crippen LogP contribution in [0.3, 0.4) is 0 Å². The lowest BCUT2D eigenvalue weighted by atomic mass is 9.80. The molecule has 0 aromatic rings. The lowest BCUT2D eigenvalue weighted by Crippen LogP contribution is -2.51. The van der Waals surface area contributed by atoms with Crippen LogP contribution in [-0.4, -0.2) is 43.7 Å². The number of rotatable bonds is 5. The Labute approximate surface area is 101 Å². The highest BCUT2D eigenvalue weighted by Crippen LogP contribution is 2.25. The van der Waals surface area contributed by atoms with E-state index in [1.54, 1.807) is 0 Å². The smallest absolute Gasteiger partial charge is 0.0108 e. The van der Waals surface area contributed by atoms with Gasteiger partial charge in [-0.25, -0.2) is 0 Å². The van der Waals surface area contributed by atoms with E-state index in [1.807, 2.05) is 0 Å². The van der Waals surface area contributed by atoms with Crippen molar-refractivity contribution in [2.24, 2.45) is 17.1 Å². The number of piperazine rings is 1. The van der Waals surface area contributed by atoms with Gasteiger partial charge in [0, 0.05) is 38.8 Å². The van der Waals surface area contributed by atoms with Crippen molar-refractivity contribution < 1.29 is 0 Å². The van der Waals surface area contributed by atoms with Crippen LogP contribution in [-0.2, 0) is 0 Å². The minimum absolute atomic E-state index is 0.224. The molecule has 0 aliphatic carbocycles. The third-order valence-electron chi connectivity index (χ3n) is 3.57. The van der Waals surface area contributed by atoms with Gasteiger partial charge < -0.3 is 16.0 Å². The van der Waals surface area contributed by atoms with E-state index in [9.17, 15) is 0 Å². The van der Waals surface area contributed by atoms with Gasteiger partial charge in [0.15, 0.2) is 0 Å². The van der Waals surface area contributed by atoms with Crippen LogP contribution in [0.15, 0.2) is 0 Å². The normalized spacial score (nSPS) is 21.4. The summed E-state index contributed by atoms with van der Waals surface area (Å²) in [7, 11) is 0. The number of nitrogens with one attached hydrogen (secondary N) is 1. The average molecular weight is 227 g/mol. The van der Waals surface area contributed by atoms with Crippen LogP contribution in [0.4, 0.5) is 0 Å². The second-order valence-corrected chi connectivity index (χ2v) is 6.25. The first-order valence-electron chi connectivity index (χ1n) is 6.60. The molecule has 0 spiro atoms. The summed E-state index contributed by atoms with van der Waals surface area (Å²) < 4.78 is 0. The van der Waals surface area contributed by atoms with Crippen molar-refractivity contribution in [2.45, 2.75) is 40.2 Å². The standard InChI is InChI=1S/C13H29N3/c1-11(2)9-12(14)13(3,4)10-16-7-5-15-6-8-16/h11-12,15H,5-10,14H2,1-4H3. The fourth-order valence-electron chi connectivity index (χ4n) is 2.39. The van der Waals surface area contributed by atoms with Crippen LogP contribution in [0.25, 0.3) is 0 Å². The molecule has 0 radical (unpaired) electrons. The van der Waals surface area contributed by atoms with Crippen molar-refractivity contribution in [3.05, 3.63) is 0 Å².